The molecule has 21 heavy (non-hydrogen) atoms. The van der Waals surface area contributed by atoms with Gasteiger partial charge in [0.25, 0.3) is 5.91 Å². The number of primary sulfonamides is 1. The standard InChI is InChI=1S/C12H15N5O3S/c1-17-8-11(15-16-17)12(18)14-7-6-9-2-4-10(5-3-9)21(13,19)20/h2-5,8H,6-7H2,1H3,(H,14,18)(H2,13,19,20). The molecular weight excluding hydrogens is 294 g/mol. The van der Waals surface area contributed by atoms with Crippen LogP contribution in [0, 0.1) is 0 Å². The molecule has 0 atom stereocenters. The van der Waals surface area contributed by atoms with Gasteiger partial charge in [-0.05, 0) is 24.1 Å². The molecular formula is C12H15N5O3S. The highest BCUT2D eigenvalue weighted by Crippen LogP contribution is 2.08. The topological polar surface area (TPSA) is 120 Å². The summed E-state index contributed by atoms with van der Waals surface area (Å²) in [6, 6.07) is 6.20. The zero-order chi connectivity index (χ0) is 15.5. The lowest BCUT2D eigenvalue weighted by molar-refractivity contribution is 0.0949. The van der Waals surface area contributed by atoms with Crippen LogP contribution in [0.25, 0.3) is 0 Å². The molecule has 0 radical (unpaired) electrons. The van der Waals surface area contributed by atoms with Gasteiger partial charge in [-0.2, -0.15) is 0 Å². The highest BCUT2D eigenvalue weighted by atomic mass is 32.2. The molecule has 0 saturated carbocycles. The summed E-state index contributed by atoms with van der Waals surface area (Å²) in [5, 5.41) is 15.1. The van der Waals surface area contributed by atoms with Crippen LogP contribution in [-0.2, 0) is 23.5 Å². The molecule has 112 valence electrons. The van der Waals surface area contributed by atoms with Gasteiger partial charge < -0.3 is 5.32 Å². The first-order valence-electron chi connectivity index (χ1n) is 6.12. The number of nitrogens with zero attached hydrogens (tertiary/aromatic N) is 3. The average Bonchev–Trinajstić information content (AvgIpc) is 2.85. The van der Waals surface area contributed by atoms with E-state index in [0.717, 1.165) is 5.56 Å². The van der Waals surface area contributed by atoms with Crippen LogP contribution in [0.4, 0.5) is 0 Å². The highest BCUT2D eigenvalue weighted by Gasteiger charge is 2.09. The SMILES string of the molecule is Cn1cc(C(=O)NCCc2ccc(S(N)(=O)=O)cc2)nn1. The summed E-state index contributed by atoms with van der Waals surface area (Å²) in [6.07, 6.45) is 2.09. The van der Waals surface area contributed by atoms with Gasteiger partial charge in [0.15, 0.2) is 5.69 Å². The number of hydrogen-bond acceptors (Lipinski definition) is 5. The Balaban J connectivity index is 1.88. The van der Waals surface area contributed by atoms with Gasteiger partial charge >= 0.3 is 0 Å². The predicted molar refractivity (Wildman–Crippen MR) is 74.9 cm³/mol. The van der Waals surface area contributed by atoms with Gasteiger partial charge in [-0.3, -0.25) is 9.48 Å². The molecule has 0 aliphatic rings. The van der Waals surface area contributed by atoms with Crippen molar-refractivity contribution < 1.29 is 13.2 Å². The van der Waals surface area contributed by atoms with Crippen molar-refractivity contribution in [2.24, 2.45) is 12.2 Å². The van der Waals surface area contributed by atoms with Crippen LogP contribution in [0.3, 0.4) is 0 Å². The van der Waals surface area contributed by atoms with Gasteiger partial charge in [0, 0.05) is 13.6 Å². The number of benzene rings is 1. The van der Waals surface area contributed by atoms with Crippen LogP contribution in [-0.4, -0.2) is 35.9 Å². The van der Waals surface area contributed by atoms with Crippen LogP contribution in [0.2, 0.25) is 0 Å². The Morgan fingerprint density at radius 1 is 1.33 bits per heavy atom. The molecule has 2 aromatic rings. The Morgan fingerprint density at radius 2 is 2.00 bits per heavy atom. The van der Waals surface area contributed by atoms with Crippen molar-refractivity contribution in [1.29, 1.82) is 0 Å². The minimum atomic E-state index is -3.67. The molecule has 0 unspecified atom stereocenters. The van der Waals surface area contributed by atoms with Crippen molar-refractivity contribution in [3.05, 3.63) is 41.7 Å². The highest BCUT2D eigenvalue weighted by molar-refractivity contribution is 7.89. The summed E-state index contributed by atoms with van der Waals surface area (Å²) in [5.41, 5.74) is 1.14. The van der Waals surface area contributed by atoms with Crippen molar-refractivity contribution in [2.75, 3.05) is 6.54 Å². The first kappa shape index (κ1) is 15.1. The van der Waals surface area contributed by atoms with E-state index in [4.69, 9.17) is 5.14 Å². The minimum Gasteiger partial charge on any atom is -0.350 e. The molecule has 1 amide bonds. The number of nitrogens with two attached hydrogens (primary N) is 1. The molecule has 2 rings (SSSR count). The van der Waals surface area contributed by atoms with E-state index in [2.05, 4.69) is 15.6 Å². The van der Waals surface area contributed by atoms with Gasteiger partial charge in [-0.1, -0.05) is 17.3 Å². The van der Waals surface area contributed by atoms with Crippen molar-refractivity contribution in [3.63, 3.8) is 0 Å². The van der Waals surface area contributed by atoms with Gasteiger partial charge in [-0.25, -0.2) is 13.6 Å². The molecule has 0 aliphatic heterocycles. The number of aryl methyl sites for hydroxylation is 1. The number of aromatic nitrogens is 3. The second kappa shape index (κ2) is 6.02. The second-order valence-corrected chi connectivity index (χ2v) is 6.03. The fraction of sp³-hybridized carbons (Fsp3) is 0.250. The number of sulfonamides is 1. The van der Waals surface area contributed by atoms with E-state index in [1.165, 1.54) is 23.0 Å². The average molecular weight is 309 g/mol. The van der Waals surface area contributed by atoms with Crippen molar-refractivity contribution in [3.8, 4) is 0 Å². The second-order valence-electron chi connectivity index (χ2n) is 4.47. The largest absolute Gasteiger partial charge is 0.350 e. The van der Waals surface area contributed by atoms with Gasteiger partial charge in [0.1, 0.15) is 0 Å². The molecule has 1 aromatic carbocycles. The number of hydrogen-bond donors (Lipinski definition) is 2. The Labute approximate surface area is 122 Å². The van der Waals surface area contributed by atoms with E-state index < -0.39 is 10.0 Å². The number of carbonyl (C=O) groups is 1. The smallest absolute Gasteiger partial charge is 0.273 e. The third kappa shape index (κ3) is 4.10. The summed E-state index contributed by atoms with van der Waals surface area (Å²) in [5.74, 6) is -0.302. The predicted octanol–water partition coefficient (Wildman–Crippen LogP) is -0.565. The molecule has 0 saturated heterocycles. The zero-order valence-electron chi connectivity index (χ0n) is 11.4. The first-order valence-corrected chi connectivity index (χ1v) is 7.67. The molecule has 3 N–H and O–H groups in total. The van der Waals surface area contributed by atoms with Gasteiger partial charge in [0.2, 0.25) is 10.0 Å². The summed E-state index contributed by atoms with van der Waals surface area (Å²) < 4.78 is 23.7. The molecule has 0 aliphatic carbocycles. The third-order valence-electron chi connectivity index (χ3n) is 2.79. The minimum absolute atomic E-state index is 0.0647. The Hall–Kier alpha value is -2.26. The molecule has 1 heterocycles. The summed E-state index contributed by atoms with van der Waals surface area (Å²) >= 11 is 0. The lowest BCUT2D eigenvalue weighted by Gasteiger charge is -2.04. The van der Waals surface area contributed by atoms with E-state index in [1.807, 2.05) is 0 Å². The molecule has 9 heteroatoms. The maximum Gasteiger partial charge on any atom is 0.273 e. The van der Waals surface area contributed by atoms with Gasteiger partial charge in [-0.15, -0.1) is 5.10 Å². The molecule has 8 nitrogen and oxygen atoms in total. The van der Waals surface area contributed by atoms with Crippen LogP contribution in [0.5, 0.6) is 0 Å². The maximum absolute atomic E-state index is 11.7. The van der Waals surface area contributed by atoms with Crippen LogP contribution >= 0.6 is 0 Å². The summed E-state index contributed by atoms with van der Waals surface area (Å²) in [4.78, 5) is 11.8. The molecule has 0 fully saturated rings. The maximum atomic E-state index is 11.7. The third-order valence-corrected chi connectivity index (χ3v) is 3.72. The zero-order valence-corrected chi connectivity index (χ0v) is 12.2. The van der Waals surface area contributed by atoms with E-state index in [0.29, 0.717) is 13.0 Å². The van der Waals surface area contributed by atoms with E-state index in [9.17, 15) is 13.2 Å². The van der Waals surface area contributed by atoms with Crippen molar-refractivity contribution >= 4 is 15.9 Å². The molecule has 0 spiro atoms. The van der Waals surface area contributed by atoms with Crippen molar-refractivity contribution in [1.82, 2.24) is 20.3 Å². The number of amides is 1. The number of nitrogens with one attached hydrogen (secondary N) is 1. The van der Waals surface area contributed by atoms with E-state index in [-0.39, 0.29) is 16.5 Å². The number of carbonyl (C=O) groups excluding carboxylic acids is 1. The van der Waals surface area contributed by atoms with Crippen LogP contribution < -0.4 is 10.5 Å². The monoisotopic (exact) mass is 309 g/mol. The Morgan fingerprint density at radius 3 is 2.52 bits per heavy atom. The molecule has 1 aromatic heterocycles. The quantitative estimate of drug-likeness (QED) is 0.766. The summed E-state index contributed by atoms with van der Waals surface area (Å²) in [7, 11) is -2.00. The Bertz CT molecular complexity index is 737. The van der Waals surface area contributed by atoms with Crippen molar-refractivity contribution in [2.45, 2.75) is 11.3 Å². The fourth-order valence-corrected chi connectivity index (χ4v) is 2.22. The number of rotatable bonds is 5. The fourth-order valence-electron chi connectivity index (χ4n) is 1.71. The lowest BCUT2D eigenvalue weighted by Crippen LogP contribution is -2.26. The molecule has 0 bridgehead atoms. The lowest BCUT2D eigenvalue weighted by atomic mass is 10.1. The Kier molecular flexibility index (Phi) is 4.34. The van der Waals surface area contributed by atoms with E-state index >= 15 is 0 Å². The summed E-state index contributed by atoms with van der Waals surface area (Å²) in [6.45, 7) is 0.407. The van der Waals surface area contributed by atoms with Crippen LogP contribution in [0.1, 0.15) is 16.1 Å². The van der Waals surface area contributed by atoms with Crippen LogP contribution in [0.15, 0.2) is 35.4 Å². The normalized spacial score (nSPS) is 11.3. The first-order chi connectivity index (χ1) is 9.86. The van der Waals surface area contributed by atoms with Gasteiger partial charge in [0.05, 0.1) is 11.1 Å². The van der Waals surface area contributed by atoms with E-state index in [1.54, 1.807) is 19.2 Å².